The molecule has 0 spiro atoms. The maximum Gasteiger partial charge on any atom is 0.234 e. The Morgan fingerprint density at radius 1 is 1.15 bits per heavy atom. The van der Waals surface area contributed by atoms with Crippen LogP contribution in [-0.4, -0.2) is 36.7 Å². The molecule has 0 bridgehead atoms. The van der Waals surface area contributed by atoms with Crippen molar-refractivity contribution in [3.8, 4) is 0 Å². The maximum atomic E-state index is 11.9. The highest BCUT2D eigenvalue weighted by molar-refractivity contribution is 5.78. The predicted molar refractivity (Wildman–Crippen MR) is 80.7 cm³/mol. The molecule has 1 heterocycles. The minimum absolute atomic E-state index is 0.0256. The lowest BCUT2D eigenvalue weighted by atomic mass is 9.86. The Morgan fingerprint density at radius 2 is 1.85 bits per heavy atom. The molecule has 0 aromatic carbocycles. The van der Waals surface area contributed by atoms with Crippen molar-refractivity contribution in [2.24, 2.45) is 0 Å². The summed E-state index contributed by atoms with van der Waals surface area (Å²) >= 11 is 0. The summed E-state index contributed by atoms with van der Waals surface area (Å²) in [6.45, 7) is 5.64. The third kappa shape index (κ3) is 4.19. The van der Waals surface area contributed by atoms with Crippen molar-refractivity contribution in [1.29, 1.82) is 0 Å². The predicted octanol–water partition coefficient (Wildman–Crippen LogP) is 2.37. The SMILES string of the molecule is CCC1(CC)CC(NCC(=O)NC2CCCC2)CCO1. The minimum atomic E-state index is 0.0256. The molecule has 2 N–H and O–H groups in total. The molecule has 0 aromatic heterocycles. The van der Waals surface area contributed by atoms with Gasteiger partial charge in [0, 0.05) is 18.7 Å². The number of nitrogens with one attached hydrogen (secondary N) is 2. The largest absolute Gasteiger partial charge is 0.375 e. The molecular formula is C16H30N2O2. The molecule has 116 valence electrons. The quantitative estimate of drug-likeness (QED) is 0.786. The maximum absolute atomic E-state index is 11.9. The van der Waals surface area contributed by atoms with E-state index in [1.165, 1.54) is 12.8 Å². The van der Waals surface area contributed by atoms with Crippen LogP contribution < -0.4 is 10.6 Å². The van der Waals surface area contributed by atoms with Gasteiger partial charge in [0.05, 0.1) is 12.1 Å². The lowest BCUT2D eigenvalue weighted by molar-refractivity contribution is -0.122. The third-order valence-corrected chi connectivity index (χ3v) is 5.05. The van der Waals surface area contributed by atoms with Gasteiger partial charge >= 0.3 is 0 Å². The van der Waals surface area contributed by atoms with Crippen molar-refractivity contribution in [3.63, 3.8) is 0 Å². The van der Waals surface area contributed by atoms with Crippen LogP contribution in [-0.2, 0) is 9.53 Å². The molecule has 2 fully saturated rings. The molecular weight excluding hydrogens is 252 g/mol. The van der Waals surface area contributed by atoms with Gasteiger partial charge in [-0.2, -0.15) is 0 Å². The van der Waals surface area contributed by atoms with Gasteiger partial charge in [0.25, 0.3) is 0 Å². The van der Waals surface area contributed by atoms with Gasteiger partial charge in [0.2, 0.25) is 5.91 Å². The topological polar surface area (TPSA) is 50.4 Å². The standard InChI is InChI=1S/C16H30N2O2/c1-3-16(4-2)11-14(9-10-20-16)17-12-15(19)18-13-7-5-6-8-13/h13-14,17H,3-12H2,1-2H3,(H,18,19). The van der Waals surface area contributed by atoms with E-state index in [0.29, 0.717) is 18.6 Å². The van der Waals surface area contributed by atoms with Gasteiger partial charge in [-0.3, -0.25) is 4.79 Å². The molecule has 1 aliphatic carbocycles. The van der Waals surface area contributed by atoms with Crippen molar-refractivity contribution in [2.75, 3.05) is 13.2 Å². The summed E-state index contributed by atoms with van der Waals surface area (Å²) in [6, 6.07) is 0.836. The Morgan fingerprint density at radius 3 is 2.50 bits per heavy atom. The van der Waals surface area contributed by atoms with Crippen molar-refractivity contribution >= 4 is 5.91 Å². The van der Waals surface area contributed by atoms with E-state index in [1.807, 2.05) is 0 Å². The smallest absolute Gasteiger partial charge is 0.234 e. The van der Waals surface area contributed by atoms with E-state index in [4.69, 9.17) is 4.74 Å². The van der Waals surface area contributed by atoms with E-state index in [0.717, 1.165) is 45.1 Å². The van der Waals surface area contributed by atoms with Gasteiger partial charge in [-0.1, -0.05) is 26.7 Å². The molecule has 1 amide bonds. The summed E-state index contributed by atoms with van der Waals surface area (Å²) in [7, 11) is 0. The van der Waals surface area contributed by atoms with E-state index < -0.39 is 0 Å². The number of amides is 1. The van der Waals surface area contributed by atoms with Gasteiger partial charge in [-0.05, 0) is 38.5 Å². The number of hydrogen-bond donors (Lipinski definition) is 2. The second kappa shape index (κ2) is 7.41. The number of hydrogen-bond acceptors (Lipinski definition) is 3. The highest BCUT2D eigenvalue weighted by atomic mass is 16.5. The summed E-state index contributed by atoms with van der Waals surface area (Å²) < 4.78 is 5.97. The zero-order valence-corrected chi connectivity index (χ0v) is 13.0. The summed E-state index contributed by atoms with van der Waals surface area (Å²) in [5.74, 6) is 0.155. The van der Waals surface area contributed by atoms with Crippen LogP contribution in [0.5, 0.6) is 0 Å². The lowest BCUT2D eigenvalue weighted by Gasteiger charge is -2.40. The van der Waals surface area contributed by atoms with Crippen molar-refractivity contribution < 1.29 is 9.53 Å². The summed E-state index contributed by atoms with van der Waals surface area (Å²) in [5, 5.41) is 6.56. The zero-order valence-electron chi connectivity index (χ0n) is 13.0. The average molecular weight is 282 g/mol. The number of carbonyl (C=O) groups is 1. The molecule has 1 saturated carbocycles. The zero-order chi connectivity index (χ0) is 14.4. The van der Waals surface area contributed by atoms with Crippen LogP contribution in [0, 0.1) is 0 Å². The van der Waals surface area contributed by atoms with Crippen LogP contribution >= 0.6 is 0 Å². The summed E-state index contributed by atoms with van der Waals surface area (Å²) in [5.41, 5.74) is 0.0256. The van der Waals surface area contributed by atoms with Crippen molar-refractivity contribution in [2.45, 2.75) is 82.9 Å². The van der Waals surface area contributed by atoms with Gasteiger partial charge in [-0.15, -0.1) is 0 Å². The molecule has 1 aliphatic heterocycles. The Kier molecular flexibility index (Phi) is 5.85. The second-order valence-corrected chi connectivity index (χ2v) is 6.36. The van der Waals surface area contributed by atoms with E-state index in [9.17, 15) is 4.79 Å². The van der Waals surface area contributed by atoms with Gasteiger partial charge < -0.3 is 15.4 Å². The first-order valence-electron chi connectivity index (χ1n) is 8.34. The minimum Gasteiger partial charge on any atom is -0.375 e. The molecule has 1 atom stereocenters. The first kappa shape index (κ1) is 15.8. The van der Waals surface area contributed by atoms with E-state index in [-0.39, 0.29) is 11.5 Å². The first-order valence-corrected chi connectivity index (χ1v) is 8.34. The van der Waals surface area contributed by atoms with E-state index >= 15 is 0 Å². The molecule has 2 rings (SSSR count). The van der Waals surface area contributed by atoms with Crippen LogP contribution in [0.25, 0.3) is 0 Å². The van der Waals surface area contributed by atoms with Gasteiger partial charge in [-0.25, -0.2) is 0 Å². The number of ether oxygens (including phenoxy) is 1. The van der Waals surface area contributed by atoms with Crippen molar-refractivity contribution in [1.82, 2.24) is 10.6 Å². The van der Waals surface area contributed by atoms with Gasteiger partial charge in [0.1, 0.15) is 0 Å². The second-order valence-electron chi connectivity index (χ2n) is 6.36. The van der Waals surface area contributed by atoms with Gasteiger partial charge in [0.15, 0.2) is 0 Å². The molecule has 20 heavy (non-hydrogen) atoms. The first-order chi connectivity index (χ1) is 9.67. The average Bonchev–Trinajstić information content (AvgIpc) is 2.98. The Bertz CT molecular complexity index is 310. The summed E-state index contributed by atoms with van der Waals surface area (Å²) in [6.07, 6.45) is 8.96. The molecule has 2 aliphatic rings. The Labute approximate surface area is 123 Å². The molecule has 1 saturated heterocycles. The van der Waals surface area contributed by atoms with Crippen LogP contribution in [0.1, 0.15) is 65.2 Å². The summed E-state index contributed by atoms with van der Waals surface area (Å²) in [4.78, 5) is 11.9. The molecule has 0 radical (unpaired) electrons. The van der Waals surface area contributed by atoms with E-state index in [2.05, 4.69) is 24.5 Å². The molecule has 0 aromatic rings. The number of rotatable bonds is 6. The lowest BCUT2D eigenvalue weighted by Crippen LogP contribution is -2.49. The van der Waals surface area contributed by atoms with E-state index in [1.54, 1.807) is 0 Å². The number of carbonyl (C=O) groups excluding carboxylic acids is 1. The molecule has 4 nitrogen and oxygen atoms in total. The monoisotopic (exact) mass is 282 g/mol. The van der Waals surface area contributed by atoms with Crippen LogP contribution in [0.4, 0.5) is 0 Å². The van der Waals surface area contributed by atoms with Crippen molar-refractivity contribution in [3.05, 3.63) is 0 Å². The molecule has 1 unspecified atom stereocenters. The highest BCUT2D eigenvalue weighted by Crippen LogP contribution is 2.31. The fourth-order valence-electron chi connectivity index (χ4n) is 3.53. The van der Waals surface area contributed by atoms with Crippen LogP contribution in [0.2, 0.25) is 0 Å². The third-order valence-electron chi connectivity index (χ3n) is 5.05. The van der Waals surface area contributed by atoms with Crippen LogP contribution in [0.15, 0.2) is 0 Å². The highest BCUT2D eigenvalue weighted by Gasteiger charge is 2.34. The Hall–Kier alpha value is -0.610. The molecule has 4 heteroatoms. The van der Waals surface area contributed by atoms with Crippen LogP contribution in [0.3, 0.4) is 0 Å². The fourth-order valence-corrected chi connectivity index (χ4v) is 3.53. The normalized spacial score (nSPS) is 26.6. The fraction of sp³-hybridized carbons (Fsp3) is 0.938. The Balaban J connectivity index is 1.71.